The molecule has 178 valence electrons. The monoisotopic (exact) mass is 474 g/mol. The van der Waals surface area contributed by atoms with E-state index in [0.717, 1.165) is 38.9 Å². The number of hydrogen-bond acceptors (Lipinski definition) is 4. The number of nitrogens with one attached hydrogen (secondary N) is 2. The summed E-state index contributed by atoms with van der Waals surface area (Å²) in [6, 6.07) is 31.8. The van der Waals surface area contributed by atoms with Crippen molar-refractivity contribution in [1.82, 2.24) is 15.6 Å². The zero-order valence-corrected chi connectivity index (χ0v) is 20.2. The summed E-state index contributed by atoms with van der Waals surface area (Å²) in [5.74, 6) is 0.415. The van der Waals surface area contributed by atoms with Gasteiger partial charge in [-0.1, -0.05) is 66.2 Å². The molecular formula is C30H26N4O2. The van der Waals surface area contributed by atoms with Crippen LogP contribution in [-0.2, 0) is 6.61 Å². The van der Waals surface area contributed by atoms with E-state index in [-0.39, 0.29) is 5.91 Å². The van der Waals surface area contributed by atoms with E-state index in [2.05, 4.69) is 70.1 Å². The van der Waals surface area contributed by atoms with Gasteiger partial charge in [0.2, 0.25) is 0 Å². The van der Waals surface area contributed by atoms with Crippen LogP contribution in [0.15, 0.2) is 102 Å². The predicted molar refractivity (Wildman–Crippen MR) is 143 cm³/mol. The van der Waals surface area contributed by atoms with Gasteiger partial charge in [-0.15, -0.1) is 0 Å². The normalized spacial score (nSPS) is 11.4. The first-order valence-corrected chi connectivity index (χ1v) is 11.7. The highest BCUT2D eigenvalue weighted by Gasteiger charge is 2.11. The number of amides is 1. The highest BCUT2D eigenvalue weighted by Crippen LogP contribution is 2.22. The molecule has 0 aliphatic heterocycles. The van der Waals surface area contributed by atoms with Crippen LogP contribution in [-0.4, -0.2) is 21.8 Å². The average Bonchev–Trinajstić information content (AvgIpc) is 3.42. The van der Waals surface area contributed by atoms with Crippen molar-refractivity contribution >= 4 is 22.4 Å². The number of ether oxygens (including phenoxy) is 1. The number of aromatic amines is 1. The Hall–Kier alpha value is -4.71. The van der Waals surface area contributed by atoms with Crippen LogP contribution >= 0.6 is 0 Å². The van der Waals surface area contributed by atoms with Gasteiger partial charge in [0.25, 0.3) is 5.91 Å². The van der Waals surface area contributed by atoms with Gasteiger partial charge in [-0.3, -0.25) is 9.89 Å². The van der Waals surface area contributed by atoms with E-state index in [1.165, 1.54) is 5.56 Å². The molecule has 4 aromatic carbocycles. The lowest BCUT2D eigenvalue weighted by Crippen LogP contribution is -2.19. The summed E-state index contributed by atoms with van der Waals surface area (Å²) < 4.78 is 5.87. The maximum absolute atomic E-state index is 12.6. The minimum atomic E-state index is -0.355. The molecule has 1 heterocycles. The fraction of sp³-hybridized carbons (Fsp3) is 0.100. The highest BCUT2D eigenvalue weighted by molar-refractivity contribution is 6.03. The van der Waals surface area contributed by atoms with Crippen LogP contribution in [0, 0.1) is 6.92 Å². The van der Waals surface area contributed by atoms with Gasteiger partial charge >= 0.3 is 0 Å². The number of aryl methyl sites for hydroxylation is 1. The number of hydrazone groups is 1. The van der Waals surface area contributed by atoms with Crippen molar-refractivity contribution in [3.63, 3.8) is 0 Å². The first-order valence-electron chi connectivity index (χ1n) is 11.7. The lowest BCUT2D eigenvalue weighted by atomic mass is 10.0. The lowest BCUT2D eigenvalue weighted by Gasteiger charge is -2.07. The molecule has 0 radical (unpaired) electrons. The highest BCUT2D eigenvalue weighted by atomic mass is 16.5. The molecule has 1 amide bonds. The Balaban J connectivity index is 1.21. The summed E-state index contributed by atoms with van der Waals surface area (Å²) in [7, 11) is 0. The van der Waals surface area contributed by atoms with Crippen molar-refractivity contribution in [2.24, 2.45) is 5.10 Å². The zero-order chi connectivity index (χ0) is 24.9. The second-order valence-corrected chi connectivity index (χ2v) is 8.67. The Morgan fingerprint density at radius 1 is 0.917 bits per heavy atom. The standard InChI is InChI=1S/C30H26N4O2/c1-20-7-9-22(10-8-20)19-36-27-15-13-24(14-16-27)28-18-29(33-32-28)30(35)34-31-21(2)25-12-11-23-5-3-4-6-26(23)17-25/h3-18H,19H2,1-2H3,(H,32,33)(H,34,35)/b31-21-. The third-order valence-electron chi connectivity index (χ3n) is 5.99. The number of benzene rings is 4. The Labute approximate surface area is 209 Å². The number of carbonyl (C=O) groups is 1. The fourth-order valence-corrected chi connectivity index (χ4v) is 3.83. The predicted octanol–water partition coefficient (Wildman–Crippen LogP) is 6.27. The first kappa shape index (κ1) is 23.1. The molecule has 36 heavy (non-hydrogen) atoms. The van der Waals surface area contributed by atoms with Crippen LogP contribution < -0.4 is 10.2 Å². The van der Waals surface area contributed by atoms with Crippen LogP contribution in [0.1, 0.15) is 34.1 Å². The Bertz CT molecular complexity index is 1530. The minimum absolute atomic E-state index is 0.333. The van der Waals surface area contributed by atoms with Gasteiger partial charge in [0.1, 0.15) is 18.1 Å². The van der Waals surface area contributed by atoms with Crippen molar-refractivity contribution in [2.45, 2.75) is 20.5 Å². The fourth-order valence-electron chi connectivity index (χ4n) is 3.83. The summed E-state index contributed by atoms with van der Waals surface area (Å²) in [5.41, 5.74) is 8.50. The van der Waals surface area contributed by atoms with Gasteiger partial charge < -0.3 is 4.74 Å². The van der Waals surface area contributed by atoms with Gasteiger partial charge in [-0.05, 0) is 72.1 Å². The maximum Gasteiger partial charge on any atom is 0.289 e. The molecule has 0 unspecified atom stereocenters. The molecule has 0 aliphatic carbocycles. The molecule has 0 fully saturated rings. The smallest absolute Gasteiger partial charge is 0.289 e. The van der Waals surface area contributed by atoms with Crippen LogP contribution in [0.5, 0.6) is 5.75 Å². The molecule has 0 spiro atoms. The maximum atomic E-state index is 12.6. The van der Waals surface area contributed by atoms with Crippen molar-refractivity contribution in [3.05, 3.63) is 119 Å². The largest absolute Gasteiger partial charge is 0.489 e. The van der Waals surface area contributed by atoms with E-state index in [0.29, 0.717) is 18.0 Å². The lowest BCUT2D eigenvalue weighted by molar-refractivity contribution is 0.0950. The molecule has 0 saturated carbocycles. The first-order chi connectivity index (χ1) is 17.5. The number of hydrogen-bond donors (Lipinski definition) is 2. The van der Waals surface area contributed by atoms with Crippen molar-refractivity contribution < 1.29 is 9.53 Å². The van der Waals surface area contributed by atoms with Gasteiger partial charge in [-0.25, -0.2) is 5.43 Å². The molecule has 0 saturated heterocycles. The van der Waals surface area contributed by atoms with Crippen LogP contribution in [0.2, 0.25) is 0 Å². The van der Waals surface area contributed by atoms with Crippen LogP contribution in [0.3, 0.4) is 0 Å². The van der Waals surface area contributed by atoms with Crippen molar-refractivity contribution in [1.29, 1.82) is 0 Å². The van der Waals surface area contributed by atoms with E-state index in [1.807, 2.05) is 55.5 Å². The summed E-state index contributed by atoms with van der Waals surface area (Å²) >= 11 is 0. The van der Waals surface area contributed by atoms with Crippen LogP contribution in [0.4, 0.5) is 0 Å². The topological polar surface area (TPSA) is 79.4 Å². The Kier molecular flexibility index (Phi) is 6.58. The Morgan fingerprint density at radius 3 is 2.44 bits per heavy atom. The molecule has 0 atom stereocenters. The molecule has 0 aliphatic rings. The number of H-pyrrole nitrogens is 1. The number of rotatable bonds is 7. The SMILES string of the molecule is C/C(=N/NC(=O)c1cc(-c2ccc(OCc3ccc(C)cc3)cc2)n[nH]1)c1ccc2ccccc2c1. The molecule has 1 aromatic heterocycles. The second-order valence-electron chi connectivity index (χ2n) is 8.67. The molecular weight excluding hydrogens is 448 g/mol. The van der Waals surface area contributed by atoms with Gasteiger partial charge in [0.15, 0.2) is 0 Å². The van der Waals surface area contributed by atoms with Gasteiger partial charge in [-0.2, -0.15) is 10.2 Å². The van der Waals surface area contributed by atoms with E-state index in [9.17, 15) is 4.79 Å². The van der Waals surface area contributed by atoms with E-state index < -0.39 is 0 Å². The van der Waals surface area contributed by atoms with Gasteiger partial charge in [0, 0.05) is 5.56 Å². The number of fused-ring (bicyclic) bond motifs is 1. The minimum Gasteiger partial charge on any atom is -0.489 e. The molecule has 2 N–H and O–H groups in total. The third-order valence-corrected chi connectivity index (χ3v) is 5.99. The molecule has 6 nitrogen and oxygen atoms in total. The van der Waals surface area contributed by atoms with E-state index in [1.54, 1.807) is 6.07 Å². The van der Waals surface area contributed by atoms with E-state index in [4.69, 9.17) is 4.74 Å². The summed E-state index contributed by atoms with van der Waals surface area (Å²) in [5, 5.41) is 13.6. The molecule has 0 bridgehead atoms. The van der Waals surface area contributed by atoms with E-state index >= 15 is 0 Å². The quantitative estimate of drug-likeness (QED) is 0.215. The number of nitrogens with zero attached hydrogens (tertiary/aromatic N) is 2. The second kappa shape index (κ2) is 10.3. The van der Waals surface area contributed by atoms with Crippen LogP contribution in [0.25, 0.3) is 22.0 Å². The third kappa shape index (κ3) is 5.33. The van der Waals surface area contributed by atoms with Gasteiger partial charge in [0.05, 0.1) is 11.4 Å². The molecule has 6 heteroatoms. The van der Waals surface area contributed by atoms with Crippen molar-refractivity contribution in [3.8, 4) is 17.0 Å². The number of carbonyl (C=O) groups excluding carboxylic acids is 1. The summed E-state index contributed by atoms with van der Waals surface area (Å²) in [6.45, 7) is 4.44. The summed E-state index contributed by atoms with van der Waals surface area (Å²) in [6.07, 6.45) is 0. The number of aromatic nitrogens is 2. The summed E-state index contributed by atoms with van der Waals surface area (Å²) in [4.78, 5) is 12.6. The molecule has 5 rings (SSSR count). The van der Waals surface area contributed by atoms with Crippen molar-refractivity contribution in [2.75, 3.05) is 0 Å². The Morgan fingerprint density at radius 2 is 1.67 bits per heavy atom. The molecule has 5 aromatic rings. The average molecular weight is 475 g/mol. The zero-order valence-electron chi connectivity index (χ0n) is 20.2.